The van der Waals surface area contributed by atoms with Crippen LogP contribution in [0.15, 0.2) is 42.2 Å². The van der Waals surface area contributed by atoms with Crippen molar-refractivity contribution in [2.75, 3.05) is 0 Å². The zero-order valence-electron chi connectivity index (χ0n) is 7.38. The molecule has 0 aliphatic heterocycles. The van der Waals surface area contributed by atoms with Crippen LogP contribution in [0.25, 0.3) is 5.57 Å². The van der Waals surface area contributed by atoms with Gasteiger partial charge in [0.25, 0.3) is 0 Å². The molecule has 1 aromatic rings. The Morgan fingerprint density at radius 3 is 2.79 bits per heavy atom. The summed E-state index contributed by atoms with van der Waals surface area (Å²) in [6.07, 6.45) is 11.1. The quantitative estimate of drug-likeness (QED) is 0.672. The number of aromatic nitrogens is 4. The van der Waals surface area contributed by atoms with Crippen LogP contribution in [0.2, 0.25) is 0 Å². The number of nitrogens with one attached hydrogen (secondary N) is 1. The molecule has 70 valence electrons. The van der Waals surface area contributed by atoms with Gasteiger partial charge in [0.15, 0.2) is 5.82 Å². The first-order valence-electron chi connectivity index (χ1n) is 4.12. The standard InChI is InChI=1S/C9H9N5/c10-8-5-1-3-7(4-2-6-8)9-11-13-14-12-9/h1-6H,10H2,(H,11,12,13,14)/b3-1-,4-2?,5-1?,6-2-,7-3?,7-4+,8-5+,8-6?. The average molecular weight is 187 g/mol. The summed E-state index contributed by atoms with van der Waals surface area (Å²) in [6.45, 7) is 0. The molecule has 0 spiro atoms. The fourth-order valence-electron chi connectivity index (χ4n) is 1.08. The Bertz CT molecular complexity index is 422. The van der Waals surface area contributed by atoms with E-state index in [2.05, 4.69) is 20.6 Å². The zero-order chi connectivity index (χ0) is 9.80. The predicted molar refractivity (Wildman–Crippen MR) is 52.7 cm³/mol. The minimum absolute atomic E-state index is 0.639. The summed E-state index contributed by atoms with van der Waals surface area (Å²) in [4.78, 5) is 0. The third kappa shape index (κ3) is 1.77. The van der Waals surface area contributed by atoms with Gasteiger partial charge in [0.05, 0.1) is 0 Å². The van der Waals surface area contributed by atoms with Crippen LogP contribution < -0.4 is 5.73 Å². The highest BCUT2D eigenvalue weighted by molar-refractivity contribution is 5.71. The second-order valence-corrected chi connectivity index (χ2v) is 2.76. The van der Waals surface area contributed by atoms with Crippen LogP contribution in [0.1, 0.15) is 5.82 Å². The van der Waals surface area contributed by atoms with E-state index in [1.54, 1.807) is 0 Å². The third-order valence-electron chi connectivity index (χ3n) is 1.75. The number of hydrogen-bond donors (Lipinski definition) is 2. The molecule has 0 aromatic carbocycles. The summed E-state index contributed by atoms with van der Waals surface area (Å²) in [7, 11) is 0. The molecule has 0 radical (unpaired) electrons. The first-order chi connectivity index (χ1) is 6.86. The molecule has 0 fully saturated rings. The largest absolute Gasteiger partial charge is 0.399 e. The molecule has 2 rings (SSSR count). The van der Waals surface area contributed by atoms with E-state index in [1.165, 1.54) is 0 Å². The topological polar surface area (TPSA) is 80.5 Å². The molecule has 14 heavy (non-hydrogen) atoms. The lowest BCUT2D eigenvalue weighted by Crippen LogP contribution is -1.92. The van der Waals surface area contributed by atoms with Crippen molar-refractivity contribution in [3.63, 3.8) is 0 Å². The molecule has 0 saturated heterocycles. The van der Waals surface area contributed by atoms with Gasteiger partial charge in [0.2, 0.25) is 0 Å². The van der Waals surface area contributed by atoms with Crippen LogP contribution in [-0.2, 0) is 0 Å². The Morgan fingerprint density at radius 2 is 2.00 bits per heavy atom. The van der Waals surface area contributed by atoms with Crippen molar-refractivity contribution in [2.45, 2.75) is 0 Å². The van der Waals surface area contributed by atoms with Gasteiger partial charge in [-0.25, -0.2) is 5.10 Å². The van der Waals surface area contributed by atoms with E-state index in [-0.39, 0.29) is 0 Å². The number of nitrogens with two attached hydrogens (primary N) is 1. The molecular weight excluding hydrogens is 178 g/mol. The highest BCUT2D eigenvalue weighted by Crippen LogP contribution is 2.11. The van der Waals surface area contributed by atoms with Gasteiger partial charge in [-0.05, 0) is 22.6 Å². The normalized spacial score (nSPS) is 27.7. The van der Waals surface area contributed by atoms with E-state index in [9.17, 15) is 0 Å². The highest BCUT2D eigenvalue weighted by Gasteiger charge is 2.00. The van der Waals surface area contributed by atoms with Crippen LogP contribution in [-0.4, -0.2) is 20.6 Å². The van der Waals surface area contributed by atoms with E-state index in [0.29, 0.717) is 11.5 Å². The van der Waals surface area contributed by atoms with E-state index in [0.717, 1.165) is 5.57 Å². The molecule has 1 aliphatic rings. The Labute approximate surface area is 80.7 Å². The molecule has 0 atom stereocenters. The van der Waals surface area contributed by atoms with Gasteiger partial charge in [0, 0.05) is 11.3 Å². The molecule has 0 saturated carbocycles. The molecule has 1 aromatic heterocycles. The van der Waals surface area contributed by atoms with Crippen LogP contribution >= 0.6 is 0 Å². The average Bonchev–Trinajstić information content (AvgIpc) is 2.63. The second-order valence-electron chi connectivity index (χ2n) is 2.76. The number of H-pyrrole nitrogens is 1. The fraction of sp³-hybridized carbons (Fsp3) is 0. The molecule has 1 heterocycles. The Kier molecular flexibility index (Phi) is 2.22. The zero-order valence-corrected chi connectivity index (χ0v) is 7.38. The van der Waals surface area contributed by atoms with Crippen molar-refractivity contribution in [1.29, 1.82) is 0 Å². The van der Waals surface area contributed by atoms with Gasteiger partial charge in [0.1, 0.15) is 0 Å². The van der Waals surface area contributed by atoms with E-state index >= 15 is 0 Å². The maximum absolute atomic E-state index is 5.61. The van der Waals surface area contributed by atoms with Crippen LogP contribution in [0.4, 0.5) is 0 Å². The van der Waals surface area contributed by atoms with Gasteiger partial charge in [-0.3, -0.25) is 0 Å². The Hall–Kier alpha value is -2.17. The summed E-state index contributed by atoms with van der Waals surface area (Å²) in [5.41, 5.74) is 7.24. The van der Waals surface area contributed by atoms with Gasteiger partial charge in [-0.1, -0.05) is 24.3 Å². The van der Waals surface area contributed by atoms with Crippen molar-refractivity contribution in [2.24, 2.45) is 5.73 Å². The Morgan fingerprint density at radius 1 is 1.14 bits per heavy atom. The summed E-state index contributed by atoms with van der Waals surface area (Å²) >= 11 is 0. The maximum Gasteiger partial charge on any atom is 0.179 e. The van der Waals surface area contributed by atoms with Gasteiger partial charge in [-0.15, -0.1) is 5.10 Å². The molecule has 5 nitrogen and oxygen atoms in total. The van der Waals surface area contributed by atoms with Crippen molar-refractivity contribution >= 4 is 5.57 Å². The van der Waals surface area contributed by atoms with Gasteiger partial charge in [-0.2, -0.15) is 0 Å². The number of nitrogens with zero attached hydrogens (tertiary/aromatic N) is 3. The number of rotatable bonds is 1. The molecular formula is C9H9N5. The van der Waals surface area contributed by atoms with Crippen LogP contribution in [0, 0.1) is 0 Å². The lowest BCUT2D eigenvalue weighted by Gasteiger charge is -1.96. The van der Waals surface area contributed by atoms with Crippen molar-refractivity contribution in [3.8, 4) is 0 Å². The second kappa shape index (κ2) is 3.69. The van der Waals surface area contributed by atoms with Crippen LogP contribution in [0.3, 0.4) is 0 Å². The molecule has 0 bridgehead atoms. The van der Waals surface area contributed by atoms with Gasteiger partial charge < -0.3 is 5.73 Å². The third-order valence-corrected chi connectivity index (χ3v) is 1.75. The molecule has 3 N–H and O–H groups in total. The smallest absolute Gasteiger partial charge is 0.179 e. The monoisotopic (exact) mass is 187 g/mol. The summed E-state index contributed by atoms with van der Waals surface area (Å²) in [5.74, 6) is 0.639. The Balaban J connectivity index is 2.31. The minimum Gasteiger partial charge on any atom is -0.399 e. The fourth-order valence-corrected chi connectivity index (χ4v) is 1.08. The van der Waals surface area contributed by atoms with Crippen molar-refractivity contribution in [3.05, 3.63) is 48.0 Å². The molecule has 1 aliphatic carbocycles. The van der Waals surface area contributed by atoms with E-state index < -0.39 is 0 Å². The highest BCUT2D eigenvalue weighted by atomic mass is 15.5. The SMILES string of the molecule is NC1=C/C=C\C(c2nnn[nH]2)=C/C=C\1. The maximum atomic E-state index is 5.61. The first kappa shape index (κ1) is 8.43. The number of aromatic amines is 1. The molecule has 0 unspecified atom stereocenters. The number of tetrazole rings is 1. The lowest BCUT2D eigenvalue weighted by atomic mass is 10.1. The first-order valence-corrected chi connectivity index (χ1v) is 4.12. The van der Waals surface area contributed by atoms with E-state index in [4.69, 9.17) is 5.73 Å². The minimum atomic E-state index is 0.639. The van der Waals surface area contributed by atoms with Crippen LogP contribution in [0.5, 0.6) is 0 Å². The molecule has 0 amide bonds. The van der Waals surface area contributed by atoms with Crippen molar-refractivity contribution in [1.82, 2.24) is 20.6 Å². The molecule has 5 heteroatoms. The number of hydrogen-bond acceptors (Lipinski definition) is 4. The van der Waals surface area contributed by atoms with E-state index in [1.807, 2.05) is 36.5 Å². The summed E-state index contributed by atoms with van der Waals surface area (Å²) in [6, 6.07) is 0. The van der Waals surface area contributed by atoms with Gasteiger partial charge >= 0.3 is 0 Å². The summed E-state index contributed by atoms with van der Waals surface area (Å²) in [5, 5.41) is 13.5. The number of allylic oxidation sites excluding steroid dienone is 7. The predicted octanol–water partition coefficient (Wildman–Crippen LogP) is 0.552. The summed E-state index contributed by atoms with van der Waals surface area (Å²) < 4.78 is 0. The van der Waals surface area contributed by atoms with Crippen molar-refractivity contribution < 1.29 is 0 Å². The lowest BCUT2D eigenvalue weighted by molar-refractivity contribution is 0.881.